The monoisotopic (exact) mass is 156 g/mol. The van der Waals surface area contributed by atoms with Gasteiger partial charge in [-0.25, -0.2) is 0 Å². The summed E-state index contributed by atoms with van der Waals surface area (Å²) in [5.41, 5.74) is 0.710. The number of hydrogen-bond acceptors (Lipinski definition) is 1. The molecule has 3 atom stereocenters. The number of thiol groups is 1. The van der Waals surface area contributed by atoms with E-state index in [9.17, 15) is 0 Å². The van der Waals surface area contributed by atoms with Gasteiger partial charge < -0.3 is 0 Å². The Kier molecular flexibility index (Phi) is 1.52. The van der Waals surface area contributed by atoms with E-state index in [1.54, 1.807) is 0 Å². The quantitative estimate of drug-likeness (QED) is 0.554. The second-order valence-corrected chi connectivity index (χ2v) is 4.83. The van der Waals surface area contributed by atoms with Crippen molar-refractivity contribution in [3.8, 4) is 0 Å². The highest BCUT2D eigenvalue weighted by atomic mass is 32.1. The lowest BCUT2D eigenvalue weighted by atomic mass is 9.86. The lowest BCUT2D eigenvalue weighted by molar-refractivity contribution is 0.336. The van der Waals surface area contributed by atoms with E-state index in [1.165, 1.54) is 32.1 Å². The third-order valence-electron chi connectivity index (χ3n) is 3.56. The van der Waals surface area contributed by atoms with Crippen molar-refractivity contribution in [1.29, 1.82) is 0 Å². The van der Waals surface area contributed by atoms with Gasteiger partial charge in [0, 0.05) is 5.25 Å². The molecule has 1 heteroatoms. The molecule has 0 radical (unpaired) electrons. The molecule has 0 bridgehead atoms. The molecule has 0 heterocycles. The summed E-state index contributed by atoms with van der Waals surface area (Å²) in [6.07, 6.45) is 7.37. The maximum Gasteiger partial charge on any atom is 0.00477 e. The first kappa shape index (κ1) is 7.02. The van der Waals surface area contributed by atoms with E-state index in [1.807, 2.05) is 0 Å². The van der Waals surface area contributed by atoms with Crippen molar-refractivity contribution < 1.29 is 0 Å². The van der Waals surface area contributed by atoms with E-state index in [-0.39, 0.29) is 0 Å². The van der Waals surface area contributed by atoms with Crippen LogP contribution in [0.2, 0.25) is 0 Å². The minimum atomic E-state index is 0.651. The highest BCUT2D eigenvalue weighted by Crippen LogP contribution is 2.64. The van der Waals surface area contributed by atoms with Gasteiger partial charge in [-0.15, -0.1) is 0 Å². The second kappa shape index (κ2) is 2.17. The van der Waals surface area contributed by atoms with Crippen molar-refractivity contribution in [2.24, 2.45) is 11.3 Å². The topological polar surface area (TPSA) is 0 Å². The van der Waals surface area contributed by atoms with Crippen LogP contribution in [0.3, 0.4) is 0 Å². The number of rotatable bonds is 1. The predicted molar refractivity (Wildman–Crippen MR) is 47.5 cm³/mol. The van der Waals surface area contributed by atoms with E-state index in [0.717, 1.165) is 5.92 Å². The number of hydrogen-bond donors (Lipinski definition) is 1. The molecule has 58 valence electrons. The molecule has 0 aromatic heterocycles. The van der Waals surface area contributed by atoms with Crippen LogP contribution in [0.4, 0.5) is 0 Å². The average Bonchev–Trinajstić information content (AvgIpc) is 2.61. The first-order valence-electron chi connectivity index (χ1n) is 4.44. The molecule has 2 rings (SSSR count). The van der Waals surface area contributed by atoms with Gasteiger partial charge >= 0.3 is 0 Å². The summed E-state index contributed by atoms with van der Waals surface area (Å²) in [5.74, 6) is 1.06. The van der Waals surface area contributed by atoms with Crippen LogP contribution in [0.5, 0.6) is 0 Å². The van der Waals surface area contributed by atoms with Crippen LogP contribution in [0.15, 0.2) is 0 Å². The van der Waals surface area contributed by atoms with Gasteiger partial charge in [0.15, 0.2) is 0 Å². The van der Waals surface area contributed by atoms with Gasteiger partial charge in [-0.2, -0.15) is 12.6 Å². The fraction of sp³-hybridized carbons (Fsp3) is 1.00. The van der Waals surface area contributed by atoms with Gasteiger partial charge in [-0.3, -0.25) is 0 Å². The van der Waals surface area contributed by atoms with Crippen LogP contribution in [-0.4, -0.2) is 5.25 Å². The van der Waals surface area contributed by atoms with E-state index in [0.29, 0.717) is 10.7 Å². The molecule has 0 spiro atoms. The summed E-state index contributed by atoms with van der Waals surface area (Å²) >= 11 is 4.57. The molecule has 2 fully saturated rings. The van der Waals surface area contributed by atoms with Gasteiger partial charge in [0.2, 0.25) is 0 Å². The van der Waals surface area contributed by atoms with Crippen LogP contribution in [0.25, 0.3) is 0 Å². The second-order valence-electron chi connectivity index (χ2n) is 4.06. The molecule has 2 aliphatic carbocycles. The van der Waals surface area contributed by atoms with Crippen molar-refractivity contribution in [3.63, 3.8) is 0 Å². The molecule has 0 aliphatic heterocycles. The molecule has 0 amide bonds. The zero-order chi connectivity index (χ0) is 7.19. The minimum absolute atomic E-state index is 0.651. The van der Waals surface area contributed by atoms with Gasteiger partial charge in [-0.1, -0.05) is 19.8 Å². The largest absolute Gasteiger partial charge is 0.176 e. The van der Waals surface area contributed by atoms with Gasteiger partial charge in [0.05, 0.1) is 0 Å². The van der Waals surface area contributed by atoms with E-state index >= 15 is 0 Å². The standard InChI is InChI=1S/C9H16S/c1-7(10)9-5-3-2-4-8(9)6-9/h7-8,10H,2-6H2,1H3. The lowest BCUT2D eigenvalue weighted by Gasteiger charge is -2.24. The van der Waals surface area contributed by atoms with Crippen molar-refractivity contribution >= 4 is 12.6 Å². The number of fused-ring (bicyclic) bond motifs is 1. The third-order valence-corrected chi connectivity index (χ3v) is 4.07. The molecular formula is C9H16S. The Bertz CT molecular complexity index is 142. The molecule has 0 saturated heterocycles. The molecule has 0 N–H and O–H groups in total. The van der Waals surface area contributed by atoms with Crippen molar-refractivity contribution in [3.05, 3.63) is 0 Å². The zero-order valence-electron chi connectivity index (χ0n) is 6.64. The summed E-state index contributed by atoms with van der Waals surface area (Å²) in [6, 6.07) is 0. The van der Waals surface area contributed by atoms with E-state index in [4.69, 9.17) is 0 Å². The van der Waals surface area contributed by atoms with E-state index < -0.39 is 0 Å². The summed E-state index contributed by atoms with van der Waals surface area (Å²) < 4.78 is 0. The van der Waals surface area contributed by atoms with Gasteiger partial charge in [-0.05, 0) is 30.6 Å². The summed E-state index contributed by atoms with van der Waals surface area (Å²) in [6.45, 7) is 2.27. The Morgan fingerprint density at radius 3 is 2.80 bits per heavy atom. The SMILES string of the molecule is CC(S)C12CCCCC1C2. The van der Waals surface area contributed by atoms with Crippen LogP contribution >= 0.6 is 12.6 Å². The fourth-order valence-electron chi connectivity index (χ4n) is 2.66. The molecular weight excluding hydrogens is 140 g/mol. The first-order valence-corrected chi connectivity index (χ1v) is 4.95. The summed E-state index contributed by atoms with van der Waals surface area (Å²) in [4.78, 5) is 0. The third kappa shape index (κ3) is 0.827. The molecule has 0 aromatic carbocycles. The predicted octanol–water partition coefficient (Wildman–Crippen LogP) is 2.89. The maximum atomic E-state index is 4.57. The highest BCUT2D eigenvalue weighted by molar-refractivity contribution is 7.81. The molecule has 2 saturated carbocycles. The molecule has 3 unspecified atom stereocenters. The van der Waals surface area contributed by atoms with Crippen LogP contribution in [0.1, 0.15) is 39.0 Å². The smallest absolute Gasteiger partial charge is 0.00477 e. The Hall–Kier alpha value is 0.350. The first-order chi connectivity index (χ1) is 4.76. The van der Waals surface area contributed by atoms with Gasteiger partial charge in [0.1, 0.15) is 0 Å². The molecule has 0 nitrogen and oxygen atoms in total. The Morgan fingerprint density at radius 2 is 2.30 bits per heavy atom. The van der Waals surface area contributed by atoms with Crippen LogP contribution in [-0.2, 0) is 0 Å². The molecule has 0 aromatic rings. The van der Waals surface area contributed by atoms with Crippen molar-refractivity contribution in [2.45, 2.75) is 44.3 Å². The summed E-state index contributed by atoms with van der Waals surface area (Å²) in [7, 11) is 0. The van der Waals surface area contributed by atoms with Crippen LogP contribution in [0, 0.1) is 11.3 Å². The Labute approximate surface area is 68.8 Å². The molecule has 10 heavy (non-hydrogen) atoms. The normalized spacial score (nSPS) is 48.0. The minimum Gasteiger partial charge on any atom is -0.176 e. The zero-order valence-corrected chi connectivity index (χ0v) is 7.53. The fourth-order valence-corrected chi connectivity index (χ4v) is 3.11. The maximum absolute atomic E-state index is 4.57. The van der Waals surface area contributed by atoms with Crippen LogP contribution < -0.4 is 0 Å². The molecule has 2 aliphatic rings. The van der Waals surface area contributed by atoms with Crippen molar-refractivity contribution in [1.82, 2.24) is 0 Å². The van der Waals surface area contributed by atoms with E-state index in [2.05, 4.69) is 19.6 Å². The Balaban J connectivity index is 2.05. The highest BCUT2D eigenvalue weighted by Gasteiger charge is 2.56. The average molecular weight is 156 g/mol. The lowest BCUT2D eigenvalue weighted by Crippen LogP contribution is -2.18. The summed E-state index contributed by atoms with van der Waals surface area (Å²) in [5, 5.41) is 0.651. The Morgan fingerprint density at radius 1 is 1.50 bits per heavy atom. The van der Waals surface area contributed by atoms with Crippen molar-refractivity contribution in [2.75, 3.05) is 0 Å². The van der Waals surface area contributed by atoms with Gasteiger partial charge in [0.25, 0.3) is 0 Å².